The molecule has 4 rings (SSSR count). The van der Waals surface area contributed by atoms with Crippen LogP contribution in [0.1, 0.15) is 67.3 Å². The third-order valence-corrected chi connectivity index (χ3v) is 5.90. The number of benzene rings is 2. The van der Waals surface area contributed by atoms with E-state index in [1.165, 1.54) is 0 Å². The van der Waals surface area contributed by atoms with E-state index < -0.39 is 17.8 Å². The van der Waals surface area contributed by atoms with Crippen LogP contribution in [-0.2, 0) is 12.8 Å². The number of allylic oxidation sites excluding steroid dienone is 2. The summed E-state index contributed by atoms with van der Waals surface area (Å²) >= 11 is 0. The SMILES string of the molecule is CC(C)=CCc1c2c(c(O)c3c1OC(c1ccc(O)cc1)CC3=O)CC(C(C)(C)O)O2. The van der Waals surface area contributed by atoms with Crippen molar-refractivity contribution < 1.29 is 29.6 Å². The molecular formula is C25H28O6. The molecule has 6 nitrogen and oxygen atoms in total. The fourth-order valence-corrected chi connectivity index (χ4v) is 4.11. The lowest BCUT2D eigenvalue weighted by atomic mass is 9.88. The molecule has 0 bridgehead atoms. The monoisotopic (exact) mass is 424 g/mol. The normalized spacial score (nSPS) is 19.8. The largest absolute Gasteiger partial charge is 0.508 e. The molecule has 0 fully saturated rings. The van der Waals surface area contributed by atoms with Crippen molar-refractivity contribution in [2.45, 2.75) is 64.8 Å². The van der Waals surface area contributed by atoms with E-state index in [2.05, 4.69) is 0 Å². The minimum Gasteiger partial charge on any atom is -0.508 e. The third kappa shape index (κ3) is 3.88. The molecule has 2 aliphatic rings. The molecule has 0 amide bonds. The lowest BCUT2D eigenvalue weighted by molar-refractivity contribution is -0.0233. The molecule has 2 heterocycles. The second-order valence-corrected chi connectivity index (χ2v) is 9.11. The maximum atomic E-state index is 13.1. The van der Waals surface area contributed by atoms with Crippen LogP contribution in [0.3, 0.4) is 0 Å². The number of phenolic OH excluding ortho intramolecular Hbond substituents is 2. The Morgan fingerprint density at radius 3 is 2.39 bits per heavy atom. The lowest BCUT2D eigenvalue weighted by Gasteiger charge is -2.29. The Morgan fingerprint density at radius 1 is 1.10 bits per heavy atom. The van der Waals surface area contributed by atoms with Gasteiger partial charge in [0.2, 0.25) is 0 Å². The molecule has 3 N–H and O–H groups in total. The summed E-state index contributed by atoms with van der Waals surface area (Å²) in [6.07, 6.45) is 1.82. The molecule has 164 valence electrons. The number of fused-ring (bicyclic) bond motifs is 2. The van der Waals surface area contributed by atoms with E-state index in [-0.39, 0.29) is 29.3 Å². The first kappa shape index (κ1) is 21.2. The van der Waals surface area contributed by atoms with Gasteiger partial charge in [-0.15, -0.1) is 0 Å². The van der Waals surface area contributed by atoms with Gasteiger partial charge >= 0.3 is 0 Å². The average molecular weight is 424 g/mol. The third-order valence-electron chi connectivity index (χ3n) is 5.90. The van der Waals surface area contributed by atoms with Crippen LogP contribution in [0.2, 0.25) is 0 Å². The van der Waals surface area contributed by atoms with Gasteiger partial charge in [0.15, 0.2) is 5.78 Å². The fourth-order valence-electron chi connectivity index (χ4n) is 4.11. The smallest absolute Gasteiger partial charge is 0.174 e. The molecule has 0 radical (unpaired) electrons. The standard InChI is InChI=1S/C25H28O6/c1-13(2)5-10-16-23-17(11-20(31-23)25(3,4)29)22(28)21-18(27)12-19(30-24(16)21)14-6-8-15(26)9-7-14/h5-9,19-20,26,28-29H,10-12H2,1-4H3. The molecule has 0 saturated carbocycles. The number of phenols is 2. The summed E-state index contributed by atoms with van der Waals surface area (Å²) < 4.78 is 12.4. The van der Waals surface area contributed by atoms with Gasteiger partial charge in [0.05, 0.1) is 12.0 Å². The van der Waals surface area contributed by atoms with Gasteiger partial charge in [-0.2, -0.15) is 0 Å². The minimum absolute atomic E-state index is 0.0853. The van der Waals surface area contributed by atoms with Gasteiger partial charge in [0.1, 0.15) is 40.8 Å². The maximum Gasteiger partial charge on any atom is 0.174 e. The number of rotatable bonds is 4. The fraction of sp³-hybridized carbons (Fsp3) is 0.400. The number of ether oxygens (including phenoxy) is 2. The number of ketones is 1. The van der Waals surface area contributed by atoms with Crippen molar-refractivity contribution in [3.63, 3.8) is 0 Å². The molecular weight excluding hydrogens is 396 g/mol. The first-order valence-corrected chi connectivity index (χ1v) is 10.5. The van der Waals surface area contributed by atoms with Crippen LogP contribution in [0.15, 0.2) is 35.9 Å². The summed E-state index contributed by atoms with van der Waals surface area (Å²) in [5, 5.41) is 31.1. The summed E-state index contributed by atoms with van der Waals surface area (Å²) in [5.74, 6) is 0.633. The predicted molar refractivity (Wildman–Crippen MR) is 116 cm³/mol. The quantitative estimate of drug-likeness (QED) is 0.630. The number of aromatic hydroxyl groups is 2. The minimum atomic E-state index is -1.11. The maximum absolute atomic E-state index is 13.1. The van der Waals surface area contributed by atoms with Crippen LogP contribution < -0.4 is 9.47 Å². The van der Waals surface area contributed by atoms with Crippen molar-refractivity contribution in [1.82, 2.24) is 0 Å². The molecule has 0 saturated heterocycles. The van der Waals surface area contributed by atoms with Gasteiger partial charge in [-0.1, -0.05) is 23.8 Å². The Hall–Kier alpha value is -2.99. The number of hydrogen-bond donors (Lipinski definition) is 3. The summed E-state index contributed by atoms with van der Waals surface area (Å²) in [7, 11) is 0. The van der Waals surface area contributed by atoms with Crippen molar-refractivity contribution in [1.29, 1.82) is 0 Å². The lowest BCUT2D eigenvalue weighted by Crippen LogP contribution is -2.39. The molecule has 31 heavy (non-hydrogen) atoms. The highest BCUT2D eigenvalue weighted by molar-refractivity contribution is 6.04. The van der Waals surface area contributed by atoms with Gasteiger partial charge in [-0.3, -0.25) is 4.79 Å². The van der Waals surface area contributed by atoms with Crippen molar-refractivity contribution >= 4 is 5.78 Å². The van der Waals surface area contributed by atoms with Crippen LogP contribution in [-0.4, -0.2) is 32.8 Å². The molecule has 2 unspecified atom stereocenters. The summed E-state index contributed by atoms with van der Waals surface area (Å²) in [5.41, 5.74) is 2.19. The Kier molecular flexibility index (Phi) is 5.21. The number of carbonyl (C=O) groups excluding carboxylic acids is 1. The van der Waals surface area contributed by atoms with Gasteiger partial charge in [0.25, 0.3) is 0 Å². The Bertz CT molecular complexity index is 1060. The van der Waals surface area contributed by atoms with Crippen molar-refractivity contribution in [2.75, 3.05) is 0 Å². The topological polar surface area (TPSA) is 96.2 Å². The molecule has 2 aromatic carbocycles. The molecule has 0 aliphatic carbocycles. The molecule has 6 heteroatoms. The Balaban J connectivity index is 1.85. The highest BCUT2D eigenvalue weighted by Gasteiger charge is 2.42. The number of Topliss-reactive ketones (excluding diaryl/α,β-unsaturated/α-hetero) is 1. The number of carbonyl (C=O) groups is 1. The van der Waals surface area contributed by atoms with E-state index >= 15 is 0 Å². The number of aliphatic hydroxyl groups is 1. The van der Waals surface area contributed by atoms with E-state index in [1.54, 1.807) is 38.1 Å². The van der Waals surface area contributed by atoms with Gasteiger partial charge in [-0.25, -0.2) is 0 Å². The number of hydrogen-bond acceptors (Lipinski definition) is 6. The average Bonchev–Trinajstić information content (AvgIpc) is 3.14. The van der Waals surface area contributed by atoms with E-state index in [4.69, 9.17) is 9.47 Å². The summed E-state index contributed by atoms with van der Waals surface area (Å²) in [6, 6.07) is 6.56. The van der Waals surface area contributed by atoms with Gasteiger partial charge in [-0.05, 0) is 51.8 Å². The zero-order valence-electron chi connectivity index (χ0n) is 18.2. The highest BCUT2D eigenvalue weighted by Crippen LogP contribution is 2.52. The molecule has 0 spiro atoms. The van der Waals surface area contributed by atoms with Crippen LogP contribution in [0.5, 0.6) is 23.0 Å². The zero-order chi connectivity index (χ0) is 22.5. The van der Waals surface area contributed by atoms with Crippen LogP contribution in [0, 0.1) is 0 Å². The Labute approximate surface area is 181 Å². The van der Waals surface area contributed by atoms with Crippen LogP contribution in [0.25, 0.3) is 0 Å². The van der Waals surface area contributed by atoms with E-state index in [9.17, 15) is 20.1 Å². The van der Waals surface area contributed by atoms with E-state index in [0.29, 0.717) is 35.5 Å². The van der Waals surface area contributed by atoms with Crippen molar-refractivity contribution in [2.24, 2.45) is 0 Å². The second-order valence-electron chi connectivity index (χ2n) is 9.11. The molecule has 2 atom stereocenters. The summed E-state index contributed by atoms with van der Waals surface area (Å²) in [6.45, 7) is 7.30. The molecule has 2 aromatic rings. The van der Waals surface area contributed by atoms with Crippen LogP contribution in [0.4, 0.5) is 0 Å². The van der Waals surface area contributed by atoms with Gasteiger partial charge in [0, 0.05) is 17.5 Å². The van der Waals surface area contributed by atoms with E-state index in [0.717, 1.165) is 11.1 Å². The zero-order valence-corrected chi connectivity index (χ0v) is 18.2. The Morgan fingerprint density at radius 2 is 1.77 bits per heavy atom. The van der Waals surface area contributed by atoms with E-state index in [1.807, 2.05) is 19.9 Å². The van der Waals surface area contributed by atoms with Crippen molar-refractivity contribution in [3.05, 3.63) is 58.2 Å². The van der Waals surface area contributed by atoms with Crippen LogP contribution >= 0.6 is 0 Å². The van der Waals surface area contributed by atoms with Gasteiger partial charge < -0.3 is 24.8 Å². The summed E-state index contributed by atoms with van der Waals surface area (Å²) in [4.78, 5) is 13.1. The highest BCUT2D eigenvalue weighted by atomic mass is 16.5. The van der Waals surface area contributed by atoms with Crippen molar-refractivity contribution in [3.8, 4) is 23.0 Å². The first-order chi connectivity index (χ1) is 14.6. The molecule has 2 aliphatic heterocycles. The molecule has 0 aromatic heterocycles. The first-order valence-electron chi connectivity index (χ1n) is 10.5. The predicted octanol–water partition coefficient (Wildman–Crippen LogP) is 4.39. The second kappa shape index (κ2) is 7.61.